The number of aromatic nitrogens is 2. The van der Waals surface area contributed by atoms with E-state index in [1.54, 1.807) is 7.11 Å². The molecule has 3 heterocycles. The minimum atomic E-state index is -0.154. The predicted molar refractivity (Wildman–Crippen MR) is 130 cm³/mol. The lowest BCUT2D eigenvalue weighted by Crippen LogP contribution is -2.46. The van der Waals surface area contributed by atoms with Crippen molar-refractivity contribution in [1.29, 1.82) is 0 Å². The number of aryl methyl sites for hydroxylation is 1. The Labute approximate surface area is 205 Å². The van der Waals surface area contributed by atoms with Gasteiger partial charge in [0.25, 0.3) is 0 Å². The lowest BCUT2D eigenvalue weighted by molar-refractivity contribution is -0.139. The van der Waals surface area contributed by atoms with Crippen LogP contribution in [0.4, 0.5) is 0 Å². The molecule has 32 heavy (non-hydrogen) atoms. The van der Waals surface area contributed by atoms with E-state index in [9.17, 15) is 4.79 Å². The number of hydrogen-bond acceptors (Lipinski definition) is 4. The molecule has 0 bridgehead atoms. The minimum Gasteiger partial charge on any atom is -0.384 e. The molecule has 4 rings (SSSR count). The van der Waals surface area contributed by atoms with Crippen LogP contribution in [0.3, 0.4) is 0 Å². The fourth-order valence-electron chi connectivity index (χ4n) is 4.10. The fraction of sp³-hybridized carbons (Fsp3) is 0.391. The quantitative estimate of drug-likeness (QED) is 0.432. The molecule has 1 amide bonds. The van der Waals surface area contributed by atoms with Gasteiger partial charge in [0.2, 0.25) is 5.91 Å². The monoisotopic (exact) mass is 539 g/mol. The molecule has 3 aromatic rings. The van der Waals surface area contributed by atoms with E-state index < -0.39 is 0 Å². The van der Waals surface area contributed by atoms with Crippen molar-refractivity contribution >= 4 is 50.7 Å². The second-order valence-electron chi connectivity index (χ2n) is 7.84. The first-order chi connectivity index (χ1) is 15.4. The van der Waals surface area contributed by atoms with Crippen LogP contribution in [-0.4, -0.2) is 59.7 Å². The standard InChI is InChI=1S/C23H24BrCl2N3O3/c1-14-9-15(24)10-18(26)22(14)23-19(29-5-3-16(25)11-20(29)27-23)12-17-13-28(6-8-32-17)21(30)4-7-31-2/h3,5,9-11,17H,4,6-8,12-13H2,1-2H3/t17-/m0/s1. The van der Waals surface area contributed by atoms with Crippen molar-refractivity contribution in [3.05, 3.63) is 56.2 Å². The number of fused-ring (bicyclic) bond motifs is 1. The maximum Gasteiger partial charge on any atom is 0.225 e. The normalized spacial score (nSPS) is 16.7. The van der Waals surface area contributed by atoms with Gasteiger partial charge in [-0.25, -0.2) is 4.98 Å². The molecule has 2 aromatic heterocycles. The number of halogens is 3. The van der Waals surface area contributed by atoms with Crippen LogP contribution in [0.2, 0.25) is 10.0 Å². The molecule has 1 aromatic carbocycles. The van der Waals surface area contributed by atoms with Crippen LogP contribution in [0.25, 0.3) is 16.9 Å². The Morgan fingerprint density at radius 1 is 1.34 bits per heavy atom. The van der Waals surface area contributed by atoms with E-state index >= 15 is 0 Å². The Morgan fingerprint density at radius 3 is 2.91 bits per heavy atom. The summed E-state index contributed by atoms with van der Waals surface area (Å²) in [7, 11) is 1.60. The van der Waals surface area contributed by atoms with E-state index in [2.05, 4.69) is 15.9 Å². The molecule has 1 fully saturated rings. The third-order valence-electron chi connectivity index (χ3n) is 5.61. The Hall–Kier alpha value is -1.64. The van der Waals surface area contributed by atoms with Gasteiger partial charge >= 0.3 is 0 Å². The summed E-state index contributed by atoms with van der Waals surface area (Å²) in [6.45, 7) is 4.04. The first-order valence-electron chi connectivity index (χ1n) is 10.4. The summed E-state index contributed by atoms with van der Waals surface area (Å²) in [6, 6.07) is 7.56. The third-order valence-corrected chi connectivity index (χ3v) is 6.60. The molecule has 0 spiro atoms. The van der Waals surface area contributed by atoms with E-state index in [-0.39, 0.29) is 12.0 Å². The van der Waals surface area contributed by atoms with Crippen molar-refractivity contribution in [2.24, 2.45) is 0 Å². The van der Waals surface area contributed by atoms with Crippen molar-refractivity contribution in [1.82, 2.24) is 14.3 Å². The van der Waals surface area contributed by atoms with Crippen LogP contribution in [0, 0.1) is 6.92 Å². The van der Waals surface area contributed by atoms with Gasteiger partial charge in [-0.05, 0) is 30.7 Å². The van der Waals surface area contributed by atoms with Gasteiger partial charge in [-0.1, -0.05) is 39.1 Å². The van der Waals surface area contributed by atoms with Gasteiger partial charge in [0, 0.05) is 53.9 Å². The number of benzene rings is 1. The van der Waals surface area contributed by atoms with Gasteiger partial charge in [-0.3, -0.25) is 4.79 Å². The smallest absolute Gasteiger partial charge is 0.225 e. The molecule has 1 saturated heterocycles. The van der Waals surface area contributed by atoms with E-state index in [4.69, 9.17) is 37.7 Å². The number of rotatable bonds is 6. The van der Waals surface area contributed by atoms with E-state index in [1.807, 2.05) is 46.7 Å². The number of hydrogen-bond donors (Lipinski definition) is 0. The number of carbonyl (C=O) groups is 1. The number of ether oxygens (including phenoxy) is 2. The molecule has 0 saturated carbocycles. The van der Waals surface area contributed by atoms with Crippen molar-refractivity contribution < 1.29 is 14.3 Å². The maximum absolute atomic E-state index is 12.5. The van der Waals surface area contributed by atoms with E-state index in [0.29, 0.717) is 49.2 Å². The molecule has 0 aliphatic carbocycles. The summed E-state index contributed by atoms with van der Waals surface area (Å²) in [4.78, 5) is 19.2. The summed E-state index contributed by atoms with van der Waals surface area (Å²) in [5, 5.41) is 1.23. The zero-order chi connectivity index (χ0) is 22.8. The molecule has 0 unspecified atom stereocenters. The van der Waals surface area contributed by atoms with Gasteiger partial charge in [0.05, 0.1) is 42.1 Å². The molecule has 0 radical (unpaired) electrons. The molecule has 170 valence electrons. The second kappa shape index (κ2) is 10.1. The Morgan fingerprint density at radius 2 is 2.16 bits per heavy atom. The van der Waals surface area contributed by atoms with Crippen LogP contribution < -0.4 is 0 Å². The lowest BCUT2D eigenvalue weighted by Gasteiger charge is -2.33. The summed E-state index contributed by atoms with van der Waals surface area (Å²) in [5.41, 5.74) is 4.41. The zero-order valence-corrected chi connectivity index (χ0v) is 21.0. The number of carbonyl (C=O) groups excluding carboxylic acids is 1. The van der Waals surface area contributed by atoms with Crippen molar-refractivity contribution in [3.8, 4) is 11.3 Å². The van der Waals surface area contributed by atoms with Crippen LogP contribution in [0.5, 0.6) is 0 Å². The van der Waals surface area contributed by atoms with Crippen molar-refractivity contribution in [3.63, 3.8) is 0 Å². The Balaban J connectivity index is 1.71. The largest absolute Gasteiger partial charge is 0.384 e. The molecule has 1 aliphatic heterocycles. The van der Waals surface area contributed by atoms with Crippen LogP contribution in [0.1, 0.15) is 17.7 Å². The fourth-order valence-corrected chi connectivity index (χ4v) is 5.31. The highest BCUT2D eigenvalue weighted by atomic mass is 79.9. The number of methoxy groups -OCH3 is 1. The van der Waals surface area contributed by atoms with Crippen molar-refractivity contribution in [2.75, 3.05) is 33.4 Å². The average Bonchev–Trinajstić information content (AvgIpc) is 3.08. The lowest BCUT2D eigenvalue weighted by atomic mass is 10.0. The molecule has 1 atom stereocenters. The van der Waals surface area contributed by atoms with Gasteiger partial charge in [-0.15, -0.1) is 0 Å². The Kier molecular flexibility index (Phi) is 7.42. The van der Waals surface area contributed by atoms with Gasteiger partial charge in [-0.2, -0.15) is 0 Å². The minimum absolute atomic E-state index is 0.0806. The summed E-state index contributed by atoms with van der Waals surface area (Å²) in [6.07, 6.45) is 2.71. The molecule has 9 heteroatoms. The van der Waals surface area contributed by atoms with Crippen LogP contribution >= 0.6 is 39.1 Å². The zero-order valence-electron chi connectivity index (χ0n) is 17.9. The predicted octanol–water partition coefficient (Wildman–Crippen LogP) is 5.19. The molecule has 1 aliphatic rings. The van der Waals surface area contributed by atoms with Gasteiger partial charge < -0.3 is 18.8 Å². The summed E-state index contributed by atoms with van der Waals surface area (Å²) in [5.74, 6) is 0.0806. The topological polar surface area (TPSA) is 56.1 Å². The highest BCUT2D eigenvalue weighted by Gasteiger charge is 2.27. The molecular formula is C23H24BrCl2N3O3. The molecule has 6 nitrogen and oxygen atoms in total. The molecular weight excluding hydrogens is 517 g/mol. The van der Waals surface area contributed by atoms with E-state index in [0.717, 1.165) is 32.6 Å². The van der Waals surface area contributed by atoms with Crippen LogP contribution in [0.15, 0.2) is 34.9 Å². The SMILES string of the molecule is COCCC(=O)N1CCO[C@@H](Cc2c(-c3c(C)cc(Br)cc3Cl)nc3cc(Cl)ccn23)C1. The number of morpholine rings is 1. The first-order valence-corrected chi connectivity index (χ1v) is 11.9. The van der Waals surface area contributed by atoms with E-state index in [1.165, 1.54) is 0 Å². The van der Waals surface area contributed by atoms with Crippen LogP contribution in [-0.2, 0) is 20.7 Å². The maximum atomic E-state index is 12.5. The number of imidazole rings is 1. The van der Waals surface area contributed by atoms with Gasteiger partial charge in [0.15, 0.2) is 0 Å². The Bertz CT molecular complexity index is 1130. The summed E-state index contributed by atoms with van der Waals surface area (Å²) >= 11 is 16.4. The highest BCUT2D eigenvalue weighted by Crippen LogP contribution is 2.37. The number of amides is 1. The van der Waals surface area contributed by atoms with Crippen molar-refractivity contribution in [2.45, 2.75) is 25.9 Å². The average molecular weight is 541 g/mol. The third kappa shape index (κ3) is 4.97. The number of pyridine rings is 1. The first kappa shape index (κ1) is 23.5. The summed E-state index contributed by atoms with van der Waals surface area (Å²) < 4.78 is 14.0. The second-order valence-corrected chi connectivity index (χ2v) is 9.60. The highest BCUT2D eigenvalue weighted by molar-refractivity contribution is 9.10. The molecule has 0 N–H and O–H groups in total. The number of nitrogens with zero attached hydrogens (tertiary/aromatic N) is 3. The van der Waals surface area contributed by atoms with Gasteiger partial charge in [0.1, 0.15) is 5.65 Å².